The summed E-state index contributed by atoms with van der Waals surface area (Å²) in [6, 6.07) is 0.0265. The monoisotopic (exact) mass is 296 g/mol. The Hall–Kier alpha value is -1.10. The maximum Gasteiger partial charge on any atom is 0.320 e. The molecule has 0 bridgehead atoms. The molecule has 2 atom stereocenters. The minimum atomic E-state index is -0.692. The molecule has 0 radical (unpaired) electrons. The third kappa shape index (κ3) is 3.96. The van der Waals surface area contributed by atoms with Gasteiger partial charge in [0.2, 0.25) is 5.91 Å². The van der Waals surface area contributed by atoms with Gasteiger partial charge in [0.15, 0.2) is 0 Å². The summed E-state index contributed by atoms with van der Waals surface area (Å²) in [5.74, 6) is 0.0204. The van der Waals surface area contributed by atoms with Crippen molar-refractivity contribution < 1.29 is 14.7 Å². The fourth-order valence-electron chi connectivity index (χ4n) is 3.51. The van der Waals surface area contributed by atoms with E-state index in [9.17, 15) is 14.7 Å². The molecule has 2 aliphatic rings. The molecular weight excluding hydrogens is 268 g/mol. The first-order valence-electron chi connectivity index (χ1n) is 8.29. The van der Waals surface area contributed by atoms with Crippen LogP contribution in [-0.4, -0.2) is 58.5 Å². The van der Waals surface area contributed by atoms with E-state index in [1.54, 1.807) is 0 Å². The molecule has 5 heteroatoms. The van der Waals surface area contributed by atoms with Crippen LogP contribution >= 0.6 is 0 Å². The van der Waals surface area contributed by atoms with E-state index in [-0.39, 0.29) is 11.9 Å². The zero-order chi connectivity index (χ0) is 15.4. The van der Waals surface area contributed by atoms with Crippen LogP contribution in [-0.2, 0) is 9.59 Å². The molecule has 2 saturated heterocycles. The standard InChI is InChI=1S/C16H28N2O3/c1-3-12(2)11-15(19)17-9-6-13(7-10-17)18-8-4-5-14(18)16(20)21/h12-14H,3-11H2,1-2H3,(H,20,21). The zero-order valence-electron chi connectivity index (χ0n) is 13.3. The molecule has 2 rings (SSSR count). The van der Waals surface area contributed by atoms with Crippen LogP contribution < -0.4 is 0 Å². The van der Waals surface area contributed by atoms with Gasteiger partial charge in [0.1, 0.15) is 6.04 Å². The molecule has 0 aromatic rings. The number of carbonyl (C=O) groups is 2. The molecule has 120 valence electrons. The van der Waals surface area contributed by atoms with E-state index in [0.717, 1.165) is 51.7 Å². The smallest absolute Gasteiger partial charge is 0.320 e. The number of aliphatic carboxylic acids is 1. The van der Waals surface area contributed by atoms with Gasteiger partial charge in [-0.1, -0.05) is 20.3 Å². The minimum absolute atomic E-state index is 0.263. The van der Waals surface area contributed by atoms with Crippen LogP contribution in [0.2, 0.25) is 0 Å². The molecule has 2 aliphatic heterocycles. The second-order valence-corrected chi connectivity index (χ2v) is 6.56. The summed E-state index contributed by atoms with van der Waals surface area (Å²) in [6.07, 6.45) is 5.25. The first-order chi connectivity index (χ1) is 10.0. The van der Waals surface area contributed by atoms with Gasteiger partial charge in [-0.3, -0.25) is 14.5 Å². The Morgan fingerprint density at radius 2 is 1.86 bits per heavy atom. The molecule has 0 aromatic carbocycles. The maximum atomic E-state index is 12.2. The van der Waals surface area contributed by atoms with Crippen molar-refractivity contribution in [3.05, 3.63) is 0 Å². The Morgan fingerprint density at radius 1 is 1.19 bits per heavy atom. The van der Waals surface area contributed by atoms with E-state index >= 15 is 0 Å². The summed E-state index contributed by atoms with van der Waals surface area (Å²) in [4.78, 5) is 27.6. The van der Waals surface area contributed by atoms with Crippen LogP contribution in [0.15, 0.2) is 0 Å². The lowest BCUT2D eigenvalue weighted by Gasteiger charge is -2.38. The number of hydrogen-bond acceptors (Lipinski definition) is 3. The van der Waals surface area contributed by atoms with Crippen molar-refractivity contribution in [2.24, 2.45) is 5.92 Å². The summed E-state index contributed by atoms with van der Waals surface area (Å²) in [6.45, 7) is 6.68. The summed E-state index contributed by atoms with van der Waals surface area (Å²) in [5, 5.41) is 9.27. The Labute approximate surface area is 127 Å². The summed E-state index contributed by atoms with van der Waals surface area (Å²) < 4.78 is 0. The van der Waals surface area contributed by atoms with Crippen LogP contribution in [0.5, 0.6) is 0 Å². The van der Waals surface area contributed by atoms with Gasteiger partial charge in [0, 0.05) is 25.6 Å². The number of carbonyl (C=O) groups excluding carboxylic acids is 1. The van der Waals surface area contributed by atoms with Crippen LogP contribution in [0.1, 0.15) is 52.4 Å². The molecule has 0 spiro atoms. The molecule has 2 unspecified atom stereocenters. The van der Waals surface area contributed by atoms with Gasteiger partial charge in [-0.2, -0.15) is 0 Å². The maximum absolute atomic E-state index is 12.2. The second-order valence-electron chi connectivity index (χ2n) is 6.56. The molecule has 1 N–H and O–H groups in total. The first kappa shape index (κ1) is 16.3. The largest absolute Gasteiger partial charge is 0.480 e. The molecule has 21 heavy (non-hydrogen) atoms. The Bertz CT molecular complexity index is 378. The van der Waals surface area contributed by atoms with Crippen molar-refractivity contribution in [2.75, 3.05) is 19.6 Å². The van der Waals surface area contributed by atoms with E-state index in [4.69, 9.17) is 0 Å². The van der Waals surface area contributed by atoms with Crippen molar-refractivity contribution in [3.63, 3.8) is 0 Å². The van der Waals surface area contributed by atoms with E-state index in [1.807, 2.05) is 4.90 Å². The number of rotatable bonds is 5. The van der Waals surface area contributed by atoms with Gasteiger partial charge in [-0.15, -0.1) is 0 Å². The van der Waals surface area contributed by atoms with Crippen LogP contribution in [0.4, 0.5) is 0 Å². The van der Waals surface area contributed by atoms with Gasteiger partial charge in [0.25, 0.3) is 0 Å². The van der Waals surface area contributed by atoms with E-state index in [0.29, 0.717) is 18.4 Å². The number of nitrogens with zero attached hydrogens (tertiary/aromatic N) is 2. The van der Waals surface area contributed by atoms with Crippen molar-refractivity contribution in [3.8, 4) is 0 Å². The van der Waals surface area contributed by atoms with Gasteiger partial charge in [-0.05, 0) is 38.1 Å². The number of hydrogen-bond donors (Lipinski definition) is 1. The van der Waals surface area contributed by atoms with E-state index < -0.39 is 5.97 Å². The molecule has 0 aliphatic carbocycles. The van der Waals surface area contributed by atoms with E-state index in [1.165, 1.54) is 0 Å². The lowest BCUT2D eigenvalue weighted by molar-refractivity contribution is -0.144. The van der Waals surface area contributed by atoms with Crippen LogP contribution in [0.3, 0.4) is 0 Å². The molecule has 0 aromatic heterocycles. The quantitative estimate of drug-likeness (QED) is 0.842. The second kappa shape index (κ2) is 7.25. The first-order valence-corrected chi connectivity index (χ1v) is 8.29. The predicted molar refractivity (Wildman–Crippen MR) is 81.0 cm³/mol. The van der Waals surface area contributed by atoms with Crippen molar-refractivity contribution in [1.29, 1.82) is 0 Å². The topological polar surface area (TPSA) is 60.9 Å². The van der Waals surface area contributed by atoms with Crippen LogP contribution in [0, 0.1) is 5.92 Å². The lowest BCUT2D eigenvalue weighted by Crippen LogP contribution is -2.50. The number of piperidine rings is 1. The summed E-state index contributed by atoms with van der Waals surface area (Å²) >= 11 is 0. The predicted octanol–water partition coefficient (Wildman–Crippen LogP) is 1.96. The normalized spacial score (nSPS) is 26.0. The SMILES string of the molecule is CCC(C)CC(=O)N1CCC(N2CCCC2C(=O)O)CC1. The van der Waals surface area contributed by atoms with Gasteiger partial charge in [-0.25, -0.2) is 0 Å². The molecule has 2 heterocycles. The van der Waals surface area contributed by atoms with Gasteiger partial charge < -0.3 is 10.0 Å². The summed E-state index contributed by atoms with van der Waals surface area (Å²) in [7, 11) is 0. The Kier molecular flexibility index (Phi) is 5.62. The van der Waals surface area contributed by atoms with E-state index in [2.05, 4.69) is 18.7 Å². The average molecular weight is 296 g/mol. The fourth-order valence-corrected chi connectivity index (χ4v) is 3.51. The van der Waals surface area contributed by atoms with Gasteiger partial charge in [0.05, 0.1) is 0 Å². The number of likely N-dealkylation sites (tertiary alicyclic amines) is 2. The highest BCUT2D eigenvalue weighted by Crippen LogP contribution is 2.26. The van der Waals surface area contributed by atoms with Crippen molar-refractivity contribution in [2.45, 2.75) is 64.5 Å². The molecule has 5 nitrogen and oxygen atoms in total. The fraction of sp³-hybridized carbons (Fsp3) is 0.875. The Morgan fingerprint density at radius 3 is 2.43 bits per heavy atom. The summed E-state index contributed by atoms with van der Waals surface area (Å²) in [5.41, 5.74) is 0. The number of carboxylic acid groups (broad SMARTS) is 1. The highest BCUT2D eigenvalue weighted by molar-refractivity contribution is 5.76. The lowest BCUT2D eigenvalue weighted by atomic mass is 9.99. The number of amides is 1. The van der Waals surface area contributed by atoms with Crippen molar-refractivity contribution in [1.82, 2.24) is 9.80 Å². The average Bonchev–Trinajstić information content (AvgIpc) is 2.96. The third-order valence-corrected chi connectivity index (χ3v) is 5.09. The van der Waals surface area contributed by atoms with Crippen LogP contribution in [0.25, 0.3) is 0 Å². The molecule has 1 amide bonds. The molecule has 0 saturated carbocycles. The number of carboxylic acids is 1. The highest BCUT2D eigenvalue weighted by Gasteiger charge is 2.37. The zero-order valence-corrected chi connectivity index (χ0v) is 13.3. The van der Waals surface area contributed by atoms with Gasteiger partial charge >= 0.3 is 5.97 Å². The third-order valence-electron chi connectivity index (χ3n) is 5.09. The molecular formula is C16H28N2O3. The molecule has 2 fully saturated rings. The highest BCUT2D eigenvalue weighted by atomic mass is 16.4. The Balaban J connectivity index is 1.83. The minimum Gasteiger partial charge on any atom is -0.480 e. The van der Waals surface area contributed by atoms with Crippen molar-refractivity contribution >= 4 is 11.9 Å².